The van der Waals surface area contributed by atoms with Gasteiger partial charge in [0.05, 0.1) is 12.0 Å². The maximum atomic E-state index is 13.1. The molecule has 1 fully saturated rings. The SMILES string of the molecule is COc1cccc(S(=O)(=O)Nc2cccc(C(=O)N3CCC(Cc4ccccc4)CC3)c2)c1. The molecular weight excluding hydrogens is 436 g/mol. The van der Waals surface area contributed by atoms with E-state index in [1.807, 2.05) is 11.0 Å². The number of amides is 1. The van der Waals surface area contributed by atoms with E-state index in [1.165, 1.54) is 24.8 Å². The van der Waals surface area contributed by atoms with Crippen molar-refractivity contribution >= 4 is 21.6 Å². The van der Waals surface area contributed by atoms with Gasteiger partial charge in [-0.2, -0.15) is 0 Å². The minimum Gasteiger partial charge on any atom is -0.497 e. The normalized spacial score (nSPS) is 14.6. The lowest BCUT2D eigenvalue weighted by molar-refractivity contribution is 0.0690. The van der Waals surface area contributed by atoms with Crippen LogP contribution >= 0.6 is 0 Å². The van der Waals surface area contributed by atoms with E-state index in [0.29, 0.717) is 36.0 Å². The molecule has 0 aliphatic carbocycles. The van der Waals surface area contributed by atoms with Crippen molar-refractivity contribution in [1.82, 2.24) is 4.90 Å². The summed E-state index contributed by atoms with van der Waals surface area (Å²) >= 11 is 0. The molecule has 1 aliphatic heterocycles. The predicted molar refractivity (Wildman–Crippen MR) is 129 cm³/mol. The summed E-state index contributed by atoms with van der Waals surface area (Å²) in [6, 6.07) is 23.3. The molecule has 33 heavy (non-hydrogen) atoms. The van der Waals surface area contributed by atoms with E-state index in [2.05, 4.69) is 29.0 Å². The Labute approximate surface area is 195 Å². The van der Waals surface area contributed by atoms with E-state index in [9.17, 15) is 13.2 Å². The van der Waals surface area contributed by atoms with Crippen LogP contribution in [0, 0.1) is 5.92 Å². The summed E-state index contributed by atoms with van der Waals surface area (Å²) in [5.41, 5.74) is 2.16. The fourth-order valence-corrected chi connectivity index (χ4v) is 5.25. The number of likely N-dealkylation sites (tertiary alicyclic amines) is 1. The van der Waals surface area contributed by atoms with Gasteiger partial charge in [-0.3, -0.25) is 9.52 Å². The number of piperidine rings is 1. The lowest BCUT2D eigenvalue weighted by Crippen LogP contribution is -2.38. The van der Waals surface area contributed by atoms with Crippen LogP contribution in [-0.4, -0.2) is 39.4 Å². The Morgan fingerprint density at radius 1 is 0.970 bits per heavy atom. The monoisotopic (exact) mass is 464 g/mol. The number of sulfonamides is 1. The van der Waals surface area contributed by atoms with Gasteiger partial charge >= 0.3 is 0 Å². The van der Waals surface area contributed by atoms with Gasteiger partial charge in [0, 0.05) is 30.4 Å². The van der Waals surface area contributed by atoms with Crippen LogP contribution in [0.4, 0.5) is 5.69 Å². The second-order valence-corrected chi connectivity index (χ2v) is 9.97. The lowest BCUT2D eigenvalue weighted by atomic mass is 9.90. The summed E-state index contributed by atoms with van der Waals surface area (Å²) in [6.07, 6.45) is 2.95. The second-order valence-electron chi connectivity index (χ2n) is 8.29. The fraction of sp³-hybridized carbons (Fsp3) is 0.269. The molecule has 4 rings (SSSR count). The molecule has 7 heteroatoms. The molecule has 6 nitrogen and oxygen atoms in total. The summed E-state index contributed by atoms with van der Waals surface area (Å²) in [4.78, 5) is 15.0. The lowest BCUT2D eigenvalue weighted by Gasteiger charge is -2.32. The van der Waals surface area contributed by atoms with Crippen LogP contribution in [0.5, 0.6) is 5.75 Å². The zero-order valence-corrected chi connectivity index (χ0v) is 19.4. The van der Waals surface area contributed by atoms with Gasteiger partial charge < -0.3 is 9.64 Å². The van der Waals surface area contributed by atoms with Crippen molar-refractivity contribution in [3.05, 3.63) is 90.0 Å². The number of anilines is 1. The van der Waals surface area contributed by atoms with Crippen LogP contribution < -0.4 is 9.46 Å². The van der Waals surface area contributed by atoms with Crippen LogP contribution in [0.25, 0.3) is 0 Å². The number of rotatable bonds is 7. The van der Waals surface area contributed by atoms with E-state index in [1.54, 1.807) is 36.4 Å². The van der Waals surface area contributed by atoms with Gasteiger partial charge in [0.15, 0.2) is 0 Å². The number of nitrogens with one attached hydrogen (secondary N) is 1. The number of carbonyl (C=O) groups excluding carboxylic acids is 1. The highest BCUT2D eigenvalue weighted by Gasteiger charge is 2.24. The Kier molecular flexibility index (Phi) is 6.99. The molecule has 0 unspecified atom stereocenters. The van der Waals surface area contributed by atoms with E-state index in [-0.39, 0.29) is 10.8 Å². The van der Waals surface area contributed by atoms with Crippen molar-refractivity contribution < 1.29 is 17.9 Å². The molecule has 0 saturated carbocycles. The van der Waals surface area contributed by atoms with Gasteiger partial charge in [-0.25, -0.2) is 8.42 Å². The molecule has 1 heterocycles. The quantitative estimate of drug-likeness (QED) is 0.555. The van der Waals surface area contributed by atoms with Crippen LogP contribution in [0.1, 0.15) is 28.8 Å². The maximum absolute atomic E-state index is 13.1. The minimum absolute atomic E-state index is 0.0735. The molecule has 1 N–H and O–H groups in total. The fourth-order valence-electron chi connectivity index (χ4n) is 4.17. The summed E-state index contributed by atoms with van der Waals surface area (Å²) < 4.78 is 33.2. The smallest absolute Gasteiger partial charge is 0.262 e. The molecular formula is C26H28N2O4S. The van der Waals surface area contributed by atoms with Crippen molar-refractivity contribution in [3.8, 4) is 5.75 Å². The number of benzene rings is 3. The zero-order valence-electron chi connectivity index (χ0n) is 18.6. The molecule has 1 amide bonds. The van der Waals surface area contributed by atoms with Gasteiger partial charge in [-0.05, 0) is 61.1 Å². The average molecular weight is 465 g/mol. The van der Waals surface area contributed by atoms with Crippen molar-refractivity contribution in [3.63, 3.8) is 0 Å². The third-order valence-electron chi connectivity index (χ3n) is 5.98. The topological polar surface area (TPSA) is 75.7 Å². The van der Waals surface area contributed by atoms with Crippen molar-refractivity contribution in [1.29, 1.82) is 0 Å². The predicted octanol–water partition coefficient (Wildman–Crippen LogP) is 4.59. The third kappa shape index (κ3) is 5.73. The van der Waals surface area contributed by atoms with Gasteiger partial charge in [0.1, 0.15) is 5.75 Å². The molecule has 1 aliphatic rings. The summed E-state index contributed by atoms with van der Waals surface area (Å²) in [5.74, 6) is 0.950. The molecule has 0 atom stereocenters. The van der Waals surface area contributed by atoms with Crippen LogP contribution in [0.3, 0.4) is 0 Å². The van der Waals surface area contributed by atoms with Gasteiger partial charge in [0.2, 0.25) is 0 Å². The first-order chi connectivity index (χ1) is 15.9. The molecule has 0 bridgehead atoms. The first-order valence-corrected chi connectivity index (χ1v) is 12.5. The van der Waals surface area contributed by atoms with Crippen LogP contribution in [-0.2, 0) is 16.4 Å². The van der Waals surface area contributed by atoms with Gasteiger partial charge in [-0.1, -0.05) is 42.5 Å². The standard InChI is InChI=1S/C26H28N2O4S/c1-32-24-11-6-12-25(19-24)33(30,31)27-23-10-5-9-22(18-23)26(29)28-15-13-21(14-16-28)17-20-7-3-2-4-8-20/h2-12,18-19,21,27H,13-17H2,1H3. The molecule has 1 saturated heterocycles. The third-order valence-corrected chi connectivity index (χ3v) is 7.36. The van der Waals surface area contributed by atoms with E-state index < -0.39 is 10.0 Å². The number of ether oxygens (including phenoxy) is 1. The number of methoxy groups -OCH3 is 1. The van der Waals surface area contributed by atoms with Gasteiger partial charge in [-0.15, -0.1) is 0 Å². The van der Waals surface area contributed by atoms with Crippen molar-refractivity contribution in [2.24, 2.45) is 5.92 Å². The number of nitrogens with zero attached hydrogens (tertiary/aromatic N) is 1. The van der Waals surface area contributed by atoms with E-state index in [4.69, 9.17) is 4.74 Å². The number of carbonyl (C=O) groups is 1. The Balaban J connectivity index is 1.40. The number of hydrogen-bond acceptors (Lipinski definition) is 4. The molecule has 0 spiro atoms. The molecule has 0 radical (unpaired) electrons. The van der Waals surface area contributed by atoms with Gasteiger partial charge in [0.25, 0.3) is 15.9 Å². The van der Waals surface area contributed by atoms with E-state index >= 15 is 0 Å². The molecule has 0 aromatic heterocycles. The Hall–Kier alpha value is -3.32. The summed E-state index contributed by atoms with van der Waals surface area (Å²) in [7, 11) is -2.32. The van der Waals surface area contributed by atoms with Crippen molar-refractivity contribution in [2.75, 3.05) is 24.9 Å². The summed E-state index contributed by atoms with van der Waals surface area (Å²) in [6.45, 7) is 1.41. The molecule has 3 aromatic carbocycles. The Morgan fingerprint density at radius 2 is 1.70 bits per heavy atom. The first-order valence-electron chi connectivity index (χ1n) is 11.0. The largest absolute Gasteiger partial charge is 0.497 e. The van der Waals surface area contributed by atoms with Crippen LogP contribution in [0.15, 0.2) is 83.8 Å². The highest BCUT2D eigenvalue weighted by molar-refractivity contribution is 7.92. The highest BCUT2D eigenvalue weighted by atomic mass is 32.2. The molecule has 3 aromatic rings. The summed E-state index contributed by atoms with van der Waals surface area (Å²) in [5, 5.41) is 0. The van der Waals surface area contributed by atoms with Crippen molar-refractivity contribution in [2.45, 2.75) is 24.2 Å². The van der Waals surface area contributed by atoms with Crippen LogP contribution in [0.2, 0.25) is 0 Å². The second kappa shape index (κ2) is 10.1. The minimum atomic E-state index is -3.81. The highest BCUT2D eigenvalue weighted by Crippen LogP contribution is 2.25. The maximum Gasteiger partial charge on any atom is 0.262 e. The molecule has 172 valence electrons. The average Bonchev–Trinajstić information content (AvgIpc) is 2.85. The van der Waals surface area contributed by atoms with E-state index in [0.717, 1.165) is 19.3 Å². The number of hydrogen-bond donors (Lipinski definition) is 1. The Bertz CT molecular complexity index is 1200. The first kappa shape index (κ1) is 22.9. The Morgan fingerprint density at radius 3 is 2.42 bits per heavy atom. The zero-order chi connectivity index (χ0) is 23.3.